The maximum atomic E-state index is 12.0. The SMILES string of the molecule is CN(CCC#N)C(=O)Cn1c(-c2ccccn2)noc1=O. The zero-order valence-electron chi connectivity index (χ0n) is 11.4. The summed E-state index contributed by atoms with van der Waals surface area (Å²) in [6.45, 7) is 0.0878. The van der Waals surface area contributed by atoms with Crippen LogP contribution in [0.25, 0.3) is 11.5 Å². The molecule has 0 aliphatic carbocycles. The summed E-state index contributed by atoms with van der Waals surface area (Å²) in [5.41, 5.74) is 0.441. The Hall–Kier alpha value is -2.95. The number of hydrogen-bond donors (Lipinski definition) is 0. The normalized spacial score (nSPS) is 10.1. The van der Waals surface area contributed by atoms with Crippen LogP contribution in [0, 0.1) is 11.3 Å². The van der Waals surface area contributed by atoms with E-state index in [1.807, 2.05) is 6.07 Å². The van der Waals surface area contributed by atoms with Gasteiger partial charge in [0.15, 0.2) is 0 Å². The highest BCUT2D eigenvalue weighted by molar-refractivity contribution is 5.76. The van der Waals surface area contributed by atoms with Gasteiger partial charge in [-0.25, -0.2) is 9.36 Å². The Labute approximate surface area is 120 Å². The van der Waals surface area contributed by atoms with Gasteiger partial charge in [0, 0.05) is 19.8 Å². The van der Waals surface area contributed by atoms with Crippen LogP contribution < -0.4 is 5.76 Å². The van der Waals surface area contributed by atoms with Crippen molar-refractivity contribution in [2.75, 3.05) is 13.6 Å². The third-order valence-corrected chi connectivity index (χ3v) is 2.86. The van der Waals surface area contributed by atoms with Gasteiger partial charge in [0.1, 0.15) is 12.2 Å². The molecule has 2 aromatic rings. The Bertz CT molecular complexity index is 713. The molecular weight excluding hydrogens is 274 g/mol. The number of carbonyl (C=O) groups is 1. The minimum absolute atomic E-state index is 0.197. The van der Waals surface area contributed by atoms with Crippen molar-refractivity contribution < 1.29 is 9.32 Å². The first-order valence-corrected chi connectivity index (χ1v) is 6.22. The molecule has 108 valence electrons. The van der Waals surface area contributed by atoms with Crippen LogP contribution in [-0.2, 0) is 11.3 Å². The van der Waals surface area contributed by atoms with Crippen LogP contribution in [0.3, 0.4) is 0 Å². The maximum absolute atomic E-state index is 12.0. The third-order valence-electron chi connectivity index (χ3n) is 2.86. The summed E-state index contributed by atoms with van der Waals surface area (Å²) in [7, 11) is 1.57. The number of nitriles is 1. The molecule has 0 bridgehead atoms. The van der Waals surface area contributed by atoms with E-state index >= 15 is 0 Å². The van der Waals surface area contributed by atoms with Crippen molar-refractivity contribution in [1.82, 2.24) is 19.6 Å². The van der Waals surface area contributed by atoms with Crippen LogP contribution >= 0.6 is 0 Å². The molecule has 0 saturated heterocycles. The maximum Gasteiger partial charge on any atom is 0.442 e. The smallest absolute Gasteiger partial charge is 0.343 e. The fourth-order valence-corrected chi connectivity index (χ4v) is 1.69. The molecule has 8 heteroatoms. The van der Waals surface area contributed by atoms with Crippen LogP contribution in [0.1, 0.15) is 6.42 Å². The van der Waals surface area contributed by atoms with E-state index in [1.165, 1.54) is 4.90 Å². The Morgan fingerprint density at radius 2 is 2.33 bits per heavy atom. The van der Waals surface area contributed by atoms with Gasteiger partial charge in [-0.15, -0.1) is 0 Å². The minimum atomic E-state index is -0.724. The molecule has 0 N–H and O–H groups in total. The second-order valence-corrected chi connectivity index (χ2v) is 4.30. The number of likely N-dealkylation sites (N-methyl/N-ethyl adjacent to an activating group) is 1. The average Bonchev–Trinajstić information content (AvgIpc) is 2.86. The van der Waals surface area contributed by atoms with E-state index < -0.39 is 5.76 Å². The molecule has 0 aliphatic rings. The number of hydrogen-bond acceptors (Lipinski definition) is 6. The monoisotopic (exact) mass is 287 g/mol. The number of aromatic nitrogens is 3. The zero-order valence-corrected chi connectivity index (χ0v) is 11.4. The molecule has 0 aromatic carbocycles. The van der Waals surface area contributed by atoms with Gasteiger partial charge in [-0.3, -0.25) is 14.3 Å². The van der Waals surface area contributed by atoms with Gasteiger partial charge in [0.25, 0.3) is 0 Å². The second kappa shape index (κ2) is 6.47. The molecule has 8 nitrogen and oxygen atoms in total. The lowest BCUT2D eigenvalue weighted by atomic mass is 10.3. The largest absolute Gasteiger partial charge is 0.442 e. The molecule has 1 amide bonds. The van der Waals surface area contributed by atoms with Gasteiger partial charge in [0.05, 0.1) is 12.5 Å². The highest BCUT2D eigenvalue weighted by atomic mass is 16.5. The van der Waals surface area contributed by atoms with Crippen LogP contribution in [0.4, 0.5) is 0 Å². The summed E-state index contributed by atoms with van der Waals surface area (Å²) < 4.78 is 5.72. The lowest BCUT2D eigenvalue weighted by molar-refractivity contribution is -0.130. The van der Waals surface area contributed by atoms with Crippen molar-refractivity contribution in [3.05, 3.63) is 34.9 Å². The van der Waals surface area contributed by atoms with Gasteiger partial charge in [-0.05, 0) is 12.1 Å². The molecule has 0 unspecified atom stereocenters. The molecule has 2 aromatic heterocycles. The van der Waals surface area contributed by atoms with E-state index in [4.69, 9.17) is 5.26 Å². The predicted octanol–water partition coefficient (Wildman–Crippen LogP) is 0.270. The van der Waals surface area contributed by atoms with E-state index in [0.717, 1.165) is 4.57 Å². The molecule has 0 spiro atoms. The summed E-state index contributed by atoms with van der Waals surface area (Å²) in [5.74, 6) is -0.840. The second-order valence-electron chi connectivity index (χ2n) is 4.30. The van der Waals surface area contributed by atoms with Crippen molar-refractivity contribution in [3.63, 3.8) is 0 Å². The van der Waals surface area contributed by atoms with Gasteiger partial charge >= 0.3 is 5.76 Å². The van der Waals surface area contributed by atoms with Gasteiger partial charge in [0.2, 0.25) is 11.7 Å². The highest BCUT2D eigenvalue weighted by Gasteiger charge is 2.18. The highest BCUT2D eigenvalue weighted by Crippen LogP contribution is 2.11. The molecule has 0 atom stereocenters. The molecule has 0 saturated carbocycles. The Morgan fingerprint density at radius 3 is 3.00 bits per heavy atom. The van der Waals surface area contributed by atoms with Crippen molar-refractivity contribution >= 4 is 5.91 Å². The van der Waals surface area contributed by atoms with E-state index in [2.05, 4.69) is 14.7 Å². The van der Waals surface area contributed by atoms with Crippen molar-refractivity contribution in [3.8, 4) is 17.6 Å². The average molecular weight is 287 g/mol. The predicted molar refractivity (Wildman–Crippen MR) is 71.9 cm³/mol. The number of carbonyl (C=O) groups excluding carboxylic acids is 1. The van der Waals surface area contributed by atoms with Gasteiger partial charge in [-0.2, -0.15) is 5.26 Å². The molecular formula is C13H13N5O3. The first kappa shape index (κ1) is 14.5. The summed E-state index contributed by atoms with van der Waals surface area (Å²) in [6.07, 6.45) is 1.79. The quantitative estimate of drug-likeness (QED) is 0.781. The van der Waals surface area contributed by atoms with Crippen LogP contribution in [0.2, 0.25) is 0 Å². The number of rotatable bonds is 5. The minimum Gasteiger partial charge on any atom is -0.343 e. The molecule has 0 fully saturated rings. The van der Waals surface area contributed by atoms with Crippen molar-refractivity contribution in [2.24, 2.45) is 0 Å². The summed E-state index contributed by atoms with van der Waals surface area (Å²) >= 11 is 0. The van der Waals surface area contributed by atoms with E-state index in [9.17, 15) is 9.59 Å². The molecule has 2 heterocycles. The first-order valence-electron chi connectivity index (χ1n) is 6.22. The van der Waals surface area contributed by atoms with E-state index in [-0.39, 0.29) is 24.7 Å². The number of amides is 1. The van der Waals surface area contributed by atoms with Crippen LogP contribution in [0.15, 0.2) is 33.7 Å². The lowest BCUT2D eigenvalue weighted by Crippen LogP contribution is -2.33. The summed E-state index contributed by atoms with van der Waals surface area (Å²) in [6, 6.07) is 7.09. The number of nitrogens with zero attached hydrogens (tertiary/aromatic N) is 5. The molecule has 0 radical (unpaired) electrons. The Balaban J connectivity index is 2.22. The third kappa shape index (κ3) is 3.33. The molecule has 2 rings (SSSR count). The molecule has 21 heavy (non-hydrogen) atoms. The Morgan fingerprint density at radius 1 is 1.52 bits per heavy atom. The summed E-state index contributed by atoms with van der Waals surface area (Å²) in [4.78, 5) is 29.1. The van der Waals surface area contributed by atoms with Crippen LogP contribution in [-0.4, -0.2) is 39.1 Å². The fraction of sp³-hybridized carbons (Fsp3) is 0.308. The van der Waals surface area contributed by atoms with Crippen LogP contribution in [0.5, 0.6) is 0 Å². The first-order chi connectivity index (χ1) is 10.1. The Kier molecular flexibility index (Phi) is 4.46. The fourth-order valence-electron chi connectivity index (χ4n) is 1.69. The zero-order chi connectivity index (χ0) is 15.2. The standard InChI is InChI=1S/C13H13N5O3/c1-17(8-4-6-14)11(19)9-18-12(16-21-13(18)20)10-5-2-3-7-15-10/h2-3,5,7H,4,8-9H2,1H3. The topological polar surface area (TPSA) is 105 Å². The van der Waals surface area contributed by atoms with Gasteiger partial charge < -0.3 is 4.90 Å². The van der Waals surface area contributed by atoms with E-state index in [0.29, 0.717) is 12.2 Å². The number of pyridine rings is 1. The molecule has 0 aliphatic heterocycles. The lowest BCUT2D eigenvalue weighted by Gasteiger charge is -2.15. The van der Waals surface area contributed by atoms with E-state index in [1.54, 1.807) is 31.4 Å². The van der Waals surface area contributed by atoms with Gasteiger partial charge in [-0.1, -0.05) is 11.2 Å². The van der Waals surface area contributed by atoms with Crippen molar-refractivity contribution in [1.29, 1.82) is 5.26 Å². The summed E-state index contributed by atoms with van der Waals surface area (Å²) in [5, 5.41) is 12.2. The van der Waals surface area contributed by atoms with Crippen molar-refractivity contribution in [2.45, 2.75) is 13.0 Å².